The van der Waals surface area contributed by atoms with E-state index in [-0.39, 0.29) is 6.04 Å². The fourth-order valence-electron chi connectivity index (χ4n) is 1.53. The Morgan fingerprint density at radius 1 is 1.33 bits per heavy atom. The highest BCUT2D eigenvalue weighted by atomic mass is 32.1. The molecule has 0 saturated heterocycles. The van der Waals surface area contributed by atoms with Crippen molar-refractivity contribution in [1.82, 2.24) is 9.36 Å². The molecule has 0 fully saturated rings. The van der Waals surface area contributed by atoms with Crippen molar-refractivity contribution in [1.29, 1.82) is 0 Å². The minimum absolute atomic E-state index is 0.120. The Morgan fingerprint density at radius 2 is 2.06 bits per heavy atom. The molecule has 2 aromatic rings. The largest absolute Gasteiger partial charge is 0.359 e. The molecule has 1 aromatic carbocycles. The molecule has 0 amide bonds. The summed E-state index contributed by atoms with van der Waals surface area (Å²) >= 11 is 1.39. The molecule has 2 rings (SSSR count). The predicted octanol–water partition coefficient (Wildman–Crippen LogP) is 2.20. The average molecular weight is 262 g/mol. The summed E-state index contributed by atoms with van der Waals surface area (Å²) in [6, 6.07) is 8.57. The van der Waals surface area contributed by atoms with E-state index in [1.54, 1.807) is 0 Å². The molecule has 18 heavy (non-hydrogen) atoms. The maximum atomic E-state index is 5.68. The van der Waals surface area contributed by atoms with Crippen molar-refractivity contribution < 1.29 is 0 Å². The van der Waals surface area contributed by atoms with Crippen molar-refractivity contribution in [3.63, 3.8) is 0 Å². The molecular formula is C13H18N4S. The number of nitrogens with one attached hydrogen (secondary N) is 1. The lowest BCUT2D eigenvalue weighted by molar-refractivity contribution is 0.779. The summed E-state index contributed by atoms with van der Waals surface area (Å²) in [4.78, 5) is 4.44. The van der Waals surface area contributed by atoms with Crippen LogP contribution in [0.2, 0.25) is 0 Å². The van der Waals surface area contributed by atoms with Gasteiger partial charge < -0.3 is 11.1 Å². The maximum Gasteiger partial charge on any atom is 0.202 e. The summed E-state index contributed by atoms with van der Waals surface area (Å²) < 4.78 is 4.34. The topological polar surface area (TPSA) is 63.8 Å². The van der Waals surface area contributed by atoms with Crippen molar-refractivity contribution in [3.05, 3.63) is 41.2 Å². The first-order valence-electron chi connectivity index (χ1n) is 6.01. The van der Waals surface area contributed by atoms with Crippen LogP contribution in [0.4, 0.5) is 5.13 Å². The van der Waals surface area contributed by atoms with Gasteiger partial charge in [-0.05, 0) is 19.4 Å². The number of nitrogens with two attached hydrogens (primary N) is 1. The van der Waals surface area contributed by atoms with Crippen LogP contribution in [0.1, 0.15) is 23.9 Å². The Bertz CT molecular complexity index is 490. The molecule has 1 unspecified atom stereocenters. The molecule has 0 radical (unpaired) electrons. The molecule has 0 bridgehead atoms. The van der Waals surface area contributed by atoms with Crippen molar-refractivity contribution >= 4 is 16.7 Å². The summed E-state index contributed by atoms with van der Waals surface area (Å²) in [6.45, 7) is 4.77. The summed E-state index contributed by atoms with van der Waals surface area (Å²) in [5.41, 5.74) is 8.18. The lowest BCUT2D eigenvalue weighted by Crippen LogP contribution is -2.25. The van der Waals surface area contributed by atoms with Gasteiger partial charge in [-0.25, -0.2) is 4.98 Å². The van der Waals surface area contributed by atoms with Gasteiger partial charge in [-0.15, -0.1) is 0 Å². The fourth-order valence-corrected chi connectivity index (χ4v) is 2.13. The standard InChI is InChI=1S/C13H18N4S/c1-9-3-5-11(6-4-9)7-12-16-13(18-17-12)15-8-10(2)14/h3-6,10H,7-8,14H2,1-2H3,(H,15,16,17). The van der Waals surface area contributed by atoms with Crippen LogP contribution in [0.3, 0.4) is 0 Å². The van der Waals surface area contributed by atoms with E-state index in [0.29, 0.717) is 0 Å². The van der Waals surface area contributed by atoms with Crippen molar-refractivity contribution in [2.24, 2.45) is 5.73 Å². The third kappa shape index (κ3) is 3.78. The summed E-state index contributed by atoms with van der Waals surface area (Å²) in [6.07, 6.45) is 0.774. The highest BCUT2D eigenvalue weighted by Crippen LogP contribution is 2.14. The van der Waals surface area contributed by atoms with Gasteiger partial charge in [-0.2, -0.15) is 4.37 Å². The van der Waals surface area contributed by atoms with Crippen LogP contribution >= 0.6 is 11.5 Å². The van der Waals surface area contributed by atoms with Gasteiger partial charge in [0.2, 0.25) is 5.13 Å². The predicted molar refractivity (Wildman–Crippen MR) is 76.0 cm³/mol. The zero-order valence-electron chi connectivity index (χ0n) is 10.7. The second-order valence-corrected chi connectivity index (χ2v) is 5.29. The van der Waals surface area contributed by atoms with Crippen LogP contribution in [0.5, 0.6) is 0 Å². The molecule has 0 aliphatic heterocycles. The van der Waals surface area contributed by atoms with Gasteiger partial charge in [0.25, 0.3) is 0 Å². The van der Waals surface area contributed by atoms with Crippen molar-refractivity contribution in [2.75, 3.05) is 11.9 Å². The number of rotatable bonds is 5. The monoisotopic (exact) mass is 262 g/mol. The van der Waals surface area contributed by atoms with Gasteiger partial charge in [0, 0.05) is 30.5 Å². The molecule has 1 atom stereocenters. The van der Waals surface area contributed by atoms with E-state index in [2.05, 4.69) is 45.9 Å². The van der Waals surface area contributed by atoms with Crippen LogP contribution < -0.4 is 11.1 Å². The first-order chi connectivity index (χ1) is 8.63. The van der Waals surface area contributed by atoms with Gasteiger partial charge in [-0.3, -0.25) is 0 Å². The first kappa shape index (κ1) is 13.0. The Balaban J connectivity index is 1.95. The van der Waals surface area contributed by atoms with Gasteiger partial charge >= 0.3 is 0 Å². The molecule has 5 heteroatoms. The van der Waals surface area contributed by atoms with Gasteiger partial charge in [0.15, 0.2) is 0 Å². The van der Waals surface area contributed by atoms with Gasteiger partial charge in [0.05, 0.1) is 0 Å². The van der Waals surface area contributed by atoms with Crippen molar-refractivity contribution in [3.8, 4) is 0 Å². The van der Waals surface area contributed by atoms with Crippen molar-refractivity contribution in [2.45, 2.75) is 26.3 Å². The Hall–Kier alpha value is -1.46. The number of aromatic nitrogens is 2. The van der Waals surface area contributed by atoms with Crippen LogP contribution in [0, 0.1) is 6.92 Å². The SMILES string of the molecule is Cc1ccc(Cc2nsc(NCC(C)N)n2)cc1. The average Bonchev–Trinajstić information content (AvgIpc) is 2.77. The second-order valence-electron chi connectivity index (χ2n) is 4.54. The normalized spacial score (nSPS) is 12.4. The Labute approximate surface area is 111 Å². The molecule has 0 spiro atoms. The molecule has 0 saturated carbocycles. The molecule has 4 nitrogen and oxygen atoms in total. The summed E-state index contributed by atoms with van der Waals surface area (Å²) in [5.74, 6) is 0.857. The lowest BCUT2D eigenvalue weighted by Gasteiger charge is -2.04. The number of hydrogen-bond acceptors (Lipinski definition) is 5. The highest BCUT2D eigenvalue weighted by molar-refractivity contribution is 7.09. The number of nitrogens with zero attached hydrogens (tertiary/aromatic N) is 2. The number of benzene rings is 1. The molecule has 0 aliphatic carbocycles. The smallest absolute Gasteiger partial charge is 0.202 e. The van der Waals surface area contributed by atoms with E-state index < -0.39 is 0 Å². The van der Waals surface area contributed by atoms with Crippen LogP contribution in [-0.2, 0) is 6.42 Å². The summed E-state index contributed by atoms with van der Waals surface area (Å²) in [5, 5.41) is 4.02. The number of aryl methyl sites for hydroxylation is 1. The third-order valence-corrected chi connectivity index (χ3v) is 3.24. The van der Waals surface area contributed by atoms with E-state index in [4.69, 9.17) is 5.73 Å². The minimum Gasteiger partial charge on any atom is -0.359 e. The fraction of sp³-hybridized carbons (Fsp3) is 0.385. The van der Waals surface area contributed by atoms with E-state index in [1.165, 1.54) is 22.7 Å². The zero-order chi connectivity index (χ0) is 13.0. The Kier molecular flexibility index (Phi) is 4.28. The molecule has 96 valence electrons. The second kappa shape index (κ2) is 5.93. The van der Waals surface area contributed by atoms with Crippen LogP contribution in [0.25, 0.3) is 0 Å². The van der Waals surface area contributed by atoms with Crippen LogP contribution in [0.15, 0.2) is 24.3 Å². The van der Waals surface area contributed by atoms with E-state index >= 15 is 0 Å². The molecule has 0 aliphatic rings. The third-order valence-electron chi connectivity index (χ3n) is 2.53. The molecule has 1 aromatic heterocycles. The Morgan fingerprint density at radius 3 is 2.72 bits per heavy atom. The minimum atomic E-state index is 0.120. The first-order valence-corrected chi connectivity index (χ1v) is 6.78. The highest BCUT2D eigenvalue weighted by Gasteiger charge is 2.05. The van der Waals surface area contributed by atoms with Crippen LogP contribution in [-0.4, -0.2) is 21.9 Å². The molecular weight excluding hydrogens is 244 g/mol. The van der Waals surface area contributed by atoms with E-state index in [9.17, 15) is 0 Å². The maximum absolute atomic E-state index is 5.68. The van der Waals surface area contributed by atoms with Gasteiger partial charge in [-0.1, -0.05) is 29.8 Å². The molecule has 1 heterocycles. The number of anilines is 1. The zero-order valence-corrected chi connectivity index (χ0v) is 11.5. The lowest BCUT2D eigenvalue weighted by atomic mass is 10.1. The number of hydrogen-bond donors (Lipinski definition) is 2. The quantitative estimate of drug-likeness (QED) is 0.867. The van der Waals surface area contributed by atoms with E-state index in [1.807, 2.05) is 6.92 Å². The van der Waals surface area contributed by atoms with E-state index in [0.717, 1.165) is 23.9 Å². The molecule has 3 N–H and O–H groups in total. The van der Waals surface area contributed by atoms with Gasteiger partial charge in [0.1, 0.15) is 5.82 Å². The summed E-state index contributed by atoms with van der Waals surface area (Å²) in [7, 11) is 0.